The molecule has 0 fully saturated rings. The molecule has 0 bridgehead atoms. The first-order chi connectivity index (χ1) is 11.1. The second kappa shape index (κ2) is 6.83. The SMILES string of the molecule is CC[C@H](C)NC(=O)COc1ncnc2sc3c(c12)CC[C@@H](C)C3. The van der Waals surface area contributed by atoms with Crippen molar-refractivity contribution < 1.29 is 9.53 Å². The van der Waals surface area contributed by atoms with Gasteiger partial charge in [0.2, 0.25) is 5.88 Å². The maximum atomic E-state index is 11.9. The molecule has 1 N–H and O–H groups in total. The van der Waals surface area contributed by atoms with Crippen LogP contribution >= 0.6 is 11.3 Å². The van der Waals surface area contributed by atoms with Gasteiger partial charge in [-0.05, 0) is 44.1 Å². The number of rotatable bonds is 5. The van der Waals surface area contributed by atoms with Crippen molar-refractivity contribution in [3.63, 3.8) is 0 Å². The molecule has 0 radical (unpaired) electrons. The first-order valence-electron chi connectivity index (χ1n) is 8.25. The van der Waals surface area contributed by atoms with E-state index >= 15 is 0 Å². The average Bonchev–Trinajstić information content (AvgIpc) is 2.90. The van der Waals surface area contributed by atoms with Gasteiger partial charge in [-0.2, -0.15) is 0 Å². The van der Waals surface area contributed by atoms with Crippen LogP contribution in [0.15, 0.2) is 6.33 Å². The van der Waals surface area contributed by atoms with E-state index in [0.29, 0.717) is 11.8 Å². The van der Waals surface area contributed by atoms with E-state index in [1.165, 1.54) is 23.2 Å². The van der Waals surface area contributed by atoms with Gasteiger partial charge in [0.25, 0.3) is 5.91 Å². The van der Waals surface area contributed by atoms with Gasteiger partial charge in [0.15, 0.2) is 6.61 Å². The summed E-state index contributed by atoms with van der Waals surface area (Å²) in [6, 6.07) is 0.159. The average molecular weight is 333 g/mol. The summed E-state index contributed by atoms with van der Waals surface area (Å²) in [5.74, 6) is 1.15. The lowest BCUT2D eigenvalue weighted by Gasteiger charge is -2.18. The third-order valence-corrected chi connectivity index (χ3v) is 5.58. The molecule has 2 aromatic heterocycles. The minimum atomic E-state index is -0.108. The fraction of sp³-hybridized carbons (Fsp3) is 0.588. The second-order valence-corrected chi connectivity index (χ2v) is 7.46. The molecule has 5 nitrogen and oxygen atoms in total. The molecule has 6 heteroatoms. The molecule has 0 aromatic carbocycles. The highest BCUT2D eigenvalue weighted by Gasteiger charge is 2.23. The normalized spacial score (nSPS) is 18.5. The second-order valence-electron chi connectivity index (χ2n) is 6.38. The number of aromatic nitrogens is 2. The van der Waals surface area contributed by atoms with Gasteiger partial charge in [-0.3, -0.25) is 4.79 Å². The molecular formula is C17H23N3O2S. The lowest BCUT2D eigenvalue weighted by Crippen LogP contribution is -2.35. The predicted octanol–water partition coefficient (Wildman–Crippen LogP) is 3.11. The van der Waals surface area contributed by atoms with Gasteiger partial charge in [0, 0.05) is 10.9 Å². The fourth-order valence-electron chi connectivity index (χ4n) is 2.91. The van der Waals surface area contributed by atoms with E-state index in [1.54, 1.807) is 11.3 Å². The molecule has 23 heavy (non-hydrogen) atoms. The Morgan fingerprint density at radius 1 is 1.52 bits per heavy atom. The molecule has 0 spiro atoms. The van der Waals surface area contributed by atoms with Crippen molar-refractivity contribution in [1.29, 1.82) is 0 Å². The molecule has 0 unspecified atom stereocenters. The lowest BCUT2D eigenvalue weighted by atomic mass is 9.89. The molecule has 0 saturated carbocycles. The molecule has 3 rings (SSSR count). The number of hydrogen-bond donors (Lipinski definition) is 1. The first-order valence-corrected chi connectivity index (χ1v) is 9.07. The maximum Gasteiger partial charge on any atom is 0.258 e. The van der Waals surface area contributed by atoms with Crippen LogP contribution in [0.5, 0.6) is 5.88 Å². The predicted molar refractivity (Wildman–Crippen MR) is 92.0 cm³/mol. The van der Waals surface area contributed by atoms with E-state index in [4.69, 9.17) is 4.74 Å². The van der Waals surface area contributed by atoms with Crippen molar-refractivity contribution in [2.45, 2.75) is 52.5 Å². The van der Waals surface area contributed by atoms with Gasteiger partial charge in [0.1, 0.15) is 11.2 Å². The zero-order valence-corrected chi connectivity index (χ0v) is 14.7. The topological polar surface area (TPSA) is 64.1 Å². The lowest BCUT2D eigenvalue weighted by molar-refractivity contribution is -0.123. The van der Waals surface area contributed by atoms with Crippen LogP contribution in [0.1, 0.15) is 44.1 Å². The highest BCUT2D eigenvalue weighted by molar-refractivity contribution is 7.18. The number of ether oxygens (including phenoxy) is 1. The minimum absolute atomic E-state index is 0.00250. The van der Waals surface area contributed by atoms with Crippen molar-refractivity contribution in [2.24, 2.45) is 5.92 Å². The number of nitrogens with one attached hydrogen (secondary N) is 1. The number of fused-ring (bicyclic) bond motifs is 3. The number of hydrogen-bond acceptors (Lipinski definition) is 5. The Labute approximate surface area is 140 Å². The van der Waals surface area contributed by atoms with Crippen molar-refractivity contribution >= 4 is 27.5 Å². The Morgan fingerprint density at radius 2 is 2.35 bits per heavy atom. The highest BCUT2D eigenvalue weighted by Crippen LogP contribution is 2.40. The largest absolute Gasteiger partial charge is 0.467 e. The van der Waals surface area contributed by atoms with Crippen LogP contribution < -0.4 is 10.1 Å². The van der Waals surface area contributed by atoms with Crippen molar-refractivity contribution in [3.8, 4) is 5.88 Å². The van der Waals surface area contributed by atoms with Gasteiger partial charge in [-0.1, -0.05) is 13.8 Å². The quantitative estimate of drug-likeness (QED) is 0.913. The summed E-state index contributed by atoms with van der Waals surface area (Å²) in [7, 11) is 0. The van der Waals surface area contributed by atoms with E-state index in [9.17, 15) is 4.79 Å². The van der Waals surface area contributed by atoms with E-state index in [2.05, 4.69) is 22.2 Å². The summed E-state index contributed by atoms with van der Waals surface area (Å²) in [6.07, 6.45) is 5.75. The van der Waals surface area contributed by atoms with Gasteiger partial charge in [-0.25, -0.2) is 9.97 Å². The Bertz CT molecular complexity index is 713. The van der Waals surface area contributed by atoms with Gasteiger partial charge >= 0.3 is 0 Å². The van der Waals surface area contributed by atoms with Crippen LogP contribution in [0.3, 0.4) is 0 Å². The molecule has 0 saturated heterocycles. The van der Waals surface area contributed by atoms with Crippen molar-refractivity contribution in [1.82, 2.24) is 15.3 Å². The van der Waals surface area contributed by atoms with E-state index in [-0.39, 0.29) is 18.6 Å². The fourth-order valence-corrected chi connectivity index (χ4v) is 4.25. The Hall–Kier alpha value is -1.69. The Kier molecular flexibility index (Phi) is 4.80. The summed E-state index contributed by atoms with van der Waals surface area (Å²) >= 11 is 1.73. The molecule has 0 aliphatic heterocycles. The van der Waals surface area contributed by atoms with Crippen LogP contribution in [0.2, 0.25) is 0 Å². The molecule has 1 amide bonds. The molecule has 1 aliphatic carbocycles. The van der Waals surface area contributed by atoms with Crippen LogP contribution in [-0.2, 0) is 17.6 Å². The Morgan fingerprint density at radius 3 is 3.13 bits per heavy atom. The number of carbonyl (C=O) groups excluding carboxylic acids is 1. The zero-order valence-electron chi connectivity index (χ0n) is 13.9. The molecule has 2 atom stereocenters. The monoisotopic (exact) mass is 333 g/mol. The smallest absolute Gasteiger partial charge is 0.258 e. The summed E-state index contributed by atoms with van der Waals surface area (Å²) in [5.41, 5.74) is 1.32. The summed E-state index contributed by atoms with van der Waals surface area (Å²) in [5, 5.41) is 3.92. The van der Waals surface area contributed by atoms with Gasteiger partial charge in [0.05, 0.1) is 5.39 Å². The van der Waals surface area contributed by atoms with Crippen LogP contribution in [0, 0.1) is 5.92 Å². The number of carbonyl (C=O) groups is 1. The molecular weight excluding hydrogens is 310 g/mol. The zero-order chi connectivity index (χ0) is 16.4. The van der Waals surface area contributed by atoms with Crippen molar-refractivity contribution in [2.75, 3.05) is 6.61 Å². The summed E-state index contributed by atoms with van der Waals surface area (Å²) < 4.78 is 5.72. The number of amides is 1. The number of thiophene rings is 1. The van der Waals surface area contributed by atoms with Crippen LogP contribution in [0.25, 0.3) is 10.2 Å². The standard InChI is InChI=1S/C17H23N3O2S/c1-4-11(3)20-14(21)8-22-16-15-12-6-5-10(2)7-13(12)23-17(15)19-9-18-16/h9-11H,4-8H2,1-3H3,(H,20,21)/t10-,11+/m1/s1. The summed E-state index contributed by atoms with van der Waals surface area (Å²) in [6.45, 7) is 6.31. The number of nitrogens with zero attached hydrogens (tertiary/aromatic N) is 2. The third kappa shape index (κ3) is 3.47. The minimum Gasteiger partial charge on any atom is -0.467 e. The van der Waals surface area contributed by atoms with Crippen molar-refractivity contribution in [3.05, 3.63) is 16.8 Å². The molecule has 2 heterocycles. The summed E-state index contributed by atoms with van der Waals surface area (Å²) in [4.78, 5) is 22.9. The maximum absolute atomic E-state index is 11.9. The van der Waals surface area contributed by atoms with E-state index in [1.807, 2.05) is 13.8 Å². The highest BCUT2D eigenvalue weighted by atomic mass is 32.1. The third-order valence-electron chi connectivity index (χ3n) is 4.42. The van der Waals surface area contributed by atoms with Gasteiger partial charge in [-0.15, -0.1) is 11.3 Å². The molecule has 2 aromatic rings. The van der Waals surface area contributed by atoms with Crippen LogP contribution in [0.4, 0.5) is 0 Å². The first kappa shape index (κ1) is 16.2. The van der Waals surface area contributed by atoms with E-state index in [0.717, 1.165) is 29.5 Å². The van der Waals surface area contributed by atoms with E-state index < -0.39 is 0 Å². The van der Waals surface area contributed by atoms with Crippen LogP contribution in [-0.4, -0.2) is 28.5 Å². The Balaban J connectivity index is 1.80. The molecule has 1 aliphatic rings. The number of aryl methyl sites for hydroxylation is 1. The molecule has 124 valence electrons. The van der Waals surface area contributed by atoms with Gasteiger partial charge < -0.3 is 10.1 Å².